The highest BCUT2D eigenvalue weighted by molar-refractivity contribution is 7.13. The first-order valence-electron chi connectivity index (χ1n) is 10.4. The van der Waals surface area contributed by atoms with E-state index in [2.05, 4.69) is 30.6 Å². The Morgan fingerprint density at radius 1 is 1.31 bits per heavy atom. The lowest BCUT2D eigenvalue weighted by atomic mass is 9.89. The molecule has 0 spiro atoms. The lowest BCUT2D eigenvalue weighted by Gasteiger charge is -2.35. The van der Waals surface area contributed by atoms with Gasteiger partial charge in [0.25, 0.3) is 5.91 Å². The minimum Gasteiger partial charge on any atom is -0.369 e. The van der Waals surface area contributed by atoms with Crippen molar-refractivity contribution in [2.24, 2.45) is 0 Å². The van der Waals surface area contributed by atoms with Crippen molar-refractivity contribution in [2.75, 3.05) is 11.9 Å². The van der Waals surface area contributed by atoms with Gasteiger partial charge in [-0.25, -0.2) is 9.37 Å². The second-order valence-corrected chi connectivity index (χ2v) is 8.72. The van der Waals surface area contributed by atoms with E-state index in [0.29, 0.717) is 17.8 Å². The molecule has 5 rings (SSSR count). The molecule has 0 aromatic carbocycles. The Labute approximate surface area is 199 Å². The van der Waals surface area contributed by atoms with Crippen LogP contribution in [0, 0.1) is 5.82 Å². The maximum atomic E-state index is 14.5. The average molecular weight is 507 g/mol. The van der Waals surface area contributed by atoms with Crippen LogP contribution in [0.25, 0.3) is 22.0 Å². The molecule has 0 unspecified atom stereocenters. The van der Waals surface area contributed by atoms with Gasteiger partial charge in [0.05, 0.1) is 24.0 Å². The normalized spacial score (nSPS) is 17.8. The van der Waals surface area contributed by atoms with Crippen LogP contribution in [0.4, 0.5) is 23.2 Å². The van der Waals surface area contributed by atoms with Crippen LogP contribution in [-0.4, -0.2) is 54.7 Å². The van der Waals surface area contributed by atoms with E-state index in [0.717, 1.165) is 5.56 Å². The van der Waals surface area contributed by atoms with Gasteiger partial charge in [-0.2, -0.15) is 23.4 Å². The van der Waals surface area contributed by atoms with Crippen LogP contribution >= 0.6 is 11.3 Å². The molecule has 1 amide bonds. The van der Waals surface area contributed by atoms with E-state index in [1.165, 1.54) is 40.5 Å². The molecule has 1 saturated carbocycles. The summed E-state index contributed by atoms with van der Waals surface area (Å²) in [6.07, 6.45) is 1.78. The number of aromatic amines is 1. The third-order valence-corrected chi connectivity index (χ3v) is 6.26. The lowest BCUT2D eigenvalue weighted by Crippen LogP contribution is -2.36. The van der Waals surface area contributed by atoms with Gasteiger partial charge >= 0.3 is 6.18 Å². The average Bonchev–Trinajstić information content (AvgIpc) is 3.53. The monoisotopic (exact) mass is 507 g/mol. The molecule has 4 heterocycles. The second-order valence-electron chi connectivity index (χ2n) is 7.86. The van der Waals surface area contributed by atoms with E-state index in [-0.39, 0.29) is 28.8 Å². The number of aromatic nitrogens is 6. The summed E-state index contributed by atoms with van der Waals surface area (Å²) in [7, 11) is 0. The summed E-state index contributed by atoms with van der Waals surface area (Å²) < 4.78 is 58.0. The van der Waals surface area contributed by atoms with E-state index in [4.69, 9.17) is 4.74 Å². The third kappa shape index (κ3) is 5.07. The largest absolute Gasteiger partial charge is 0.411 e. The molecule has 1 fully saturated rings. The van der Waals surface area contributed by atoms with Crippen molar-refractivity contribution in [3.05, 3.63) is 53.8 Å². The van der Waals surface area contributed by atoms with Gasteiger partial charge in [-0.1, -0.05) is 0 Å². The maximum Gasteiger partial charge on any atom is 0.411 e. The van der Waals surface area contributed by atoms with Gasteiger partial charge in [-0.05, 0) is 25.0 Å². The van der Waals surface area contributed by atoms with E-state index >= 15 is 0 Å². The number of ether oxygens (including phenoxy) is 1. The highest BCUT2D eigenvalue weighted by atomic mass is 32.1. The highest BCUT2D eigenvalue weighted by Crippen LogP contribution is 2.38. The number of H-pyrrole nitrogens is 1. The molecule has 0 atom stereocenters. The molecule has 14 heteroatoms. The molecule has 2 N–H and O–H groups in total. The van der Waals surface area contributed by atoms with Gasteiger partial charge in [-0.3, -0.25) is 19.6 Å². The van der Waals surface area contributed by atoms with Crippen molar-refractivity contribution in [2.45, 2.75) is 31.2 Å². The number of nitrogens with one attached hydrogen (secondary N) is 2. The van der Waals surface area contributed by atoms with Crippen LogP contribution in [-0.2, 0) is 4.74 Å². The van der Waals surface area contributed by atoms with Crippen LogP contribution < -0.4 is 5.32 Å². The summed E-state index contributed by atoms with van der Waals surface area (Å²) >= 11 is 1.26. The van der Waals surface area contributed by atoms with Crippen molar-refractivity contribution in [1.82, 2.24) is 29.9 Å². The Hall–Kier alpha value is -3.65. The van der Waals surface area contributed by atoms with Gasteiger partial charge < -0.3 is 10.1 Å². The van der Waals surface area contributed by atoms with Crippen LogP contribution in [0.15, 0.2) is 42.3 Å². The number of halogens is 4. The zero-order valence-electron chi connectivity index (χ0n) is 17.8. The Balaban J connectivity index is 1.36. The molecule has 4 aromatic heterocycles. The summed E-state index contributed by atoms with van der Waals surface area (Å²) in [5, 5.41) is 15.8. The van der Waals surface area contributed by atoms with Crippen LogP contribution in [0.5, 0.6) is 0 Å². The Bertz CT molecular complexity index is 1330. The summed E-state index contributed by atoms with van der Waals surface area (Å²) in [6.45, 7) is -1.32. The van der Waals surface area contributed by atoms with Crippen molar-refractivity contribution < 1.29 is 27.1 Å². The predicted octanol–water partition coefficient (Wildman–Crippen LogP) is 4.47. The van der Waals surface area contributed by atoms with E-state index in [1.807, 2.05) is 0 Å². The topological polar surface area (TPSA) is 111 Å². The zero-order valence-corrected chi connectivity index (χ0v) is 18.6. The first-order chi connectivity index (χ1) is 16.8. The number of amides is 1. The van der Waals surface area contributed by atoms with Crippen LogP contribution in [0.1, 0.15) is 29.4 Å². The number of carbonyl (C=O) groups is 1. The molecular weight excluding hydrogens is 490 g/mol. The number of thiazole rings is 1. The van der Waals surface area contributed by atoms with E-state index in [9.17, 15) is 22.4 Å². The fourth-order valence-electron chi connectivity index (χ4n) is 3.57. The molecular formula is C21H17F4N7O2S. The number of pyridine rings is 1. The van der Waals surface area contributed by atoms with Crippen molar-refractivity contribution in [1.29, 1.82) is 0 Å². The van der Waals surface area contributed by atoms with E-state index in [1.54, 1.807) is 17.8 Å². The quantitative estimate of drug-likeness (QED) is 0.357. The number of rotatable bonds is 7. The highest BCUT2D eigenvalue weighted by Gasteiger charge is 2.37. The van der Waals surface area contributed by atoms with E-state index < -0.39 is 30.6 Å². The molecule has 9 nitrogen and oxygen atoms in total. The third-order valence-electron chi connectivity index (χ3n) is 5.37. The fourth-order valence-corrected chi connectivity index (χ4v) is 4.35. The number of hydrogen-bond donors (Lipinski definition) is 2. The van der Waals surface area contributed by atoms with Crippen LogP contribution in [0.2, 0.25) is 0 Å². The molecule has 0 radical (unpaired) electrons. The first-order valence-corrected chi connectivity index (χ1v) is 11.3. The van der Waals surface area contributed by atoms with Gasteiger partial charge in [0, 0.05) is 29.5 Å². The van der Waals surface area contributed by atoms with Gasteiger partial charge in [0.1, 0.15) is 28.7 Å². The summed E-state index contributed by atoms with van der Waals surface area (Å²) in [4.78, 5) is 21.2. The number of anilines is 1. The zero-order chi connectivity index (χ0) is 24.6. The molecule has 1 aliphatic carbocycles. The molecule has 35 heavy (non-hydrogen) atoms. The van der Waals surface area contributed by atoms with Crippen LogP contribution in [0.3, 0.4) is 0 Å². The van der Waals surface area contributed by atoms with Gasteiger partial charge in [0.2, 0.25) is 0 Å². The Morgan fingerprint density at radius 3 is 2.86 bits per heavy atom. The Kier molecular flexibility index (Phi) is 6.06. The van der Waals surface area contributed by atoms with Crippen molar-refractivity contribution in [3.63, 3.8) is 0 Å². The summed E-state index contributed by atoms with van der Waals surface area (Å²) in [5.74, 6) is -1.17. The minimum absolute atomic E-state index is 0.0666. The molecule has 0 aliphatic heterocycles. The number of alkyl halides is 3. The first kappa shape index (κ1) is 23.1. The molecule has 0 saturated heterocycles. The fraction of sp³-hybridized carbons (Fsp3) is 0.286. The number of nitrogens with zero attached hydrogens (tertiary/aromatic N) is 5. The Morgan fingerprint density at radius 2 is 2.14 bits per heavy atom. The standard InChI is InChI=1S/C21H17F4N7O2S/c22-14-2-1-3-26-17(14)18-15(8-32(31-18)12-4-13(5-12)34-10-21(23,24)25)29-19(33)16-9-35-20(30-16)11-6-27-28-7-11/h1-3,6-9,12-13H,4-5,10H2,(H,27,28)(H,29,33)/t12-,13+. The predicted molar refractivity (Wildman–Crippen MR) is 117 cm³/mol. The summed E-state index contributed by atoms with van der Waals surface area (Å²) in [5.41, 5.74) is 1.11. The molecule has 182 valence electrons. The lowest BCUT2D eigenvalue weighted by molar-refractivity contribution is -0.196. The van der Waals surface area contributed by atoms with Gasteiger partial charge in [0.15, 0.2) is 5.82 Å². The molecule has 4 aromatic rings. The van der Waals surface area contributed by atoms with Gasteiger partial charge in [-0.15, -0.1) is 11.3 Å². The minimum atomic E-state index is -4.40. The van der Waals surface area contributed by atoms with Crippen molar-refractivity contribution in [3.8, 4) is 22.0 Å². The summed E-state index contributed by atoms with van der Waals surface area (Å²) in [6, 6.07) is 2.38. The second kappa shape index (κ2) is 9.19. The number of hydrogen-bond acceptors (Lipinski definition) is 7. The van der Waals surface area contributed by atoms with Crippen molar-refractivity contribution >= 4 is 22.9 Å². The number of carbonyl (C=O) groups excluding carboxylic acids is 1. The SMILES string of the molecule is O=C(Nc1cn([C@H]2C[C@@H](OCC(F)(F)F)C2)nc1-c1ncccc1F)c1csc(-c2cn[nH]c2)n1. The molecule has 1 aliphatic rings. The maximum absolute atomic E-state index is 14.5. The smallest absolute Gasteiger partial charge is 0.369 e. The molecule has 0 bridgehead atoms.